The number of benzene rings is 1. The van der Waals surface area contributed by atoms with E-state index in [-0.39, 0.29) is 5.97 Å². The topological polar surface area (TPSA) is 35.5 Å². The summed E-state index contributed by atoms with van der Waals surface area (Å²) in [6.45, 7) is 4.58. The molecule has 1 aromatic carbocycles. The zero-order chi connectivity index (χ0) is 13.1. The maximum atomic E-state index is 11.3. The minimum absolute atomic E-state index is 0.228. The minimum atomic E-state index is -0.228. The molecule has 0 spiro atoms. The number of hydrogen-bond acceptors (Lipinski definition) is 3. The molecule has 0 aliphatic carbocycles. The van der Waals surface area contributed by atoms with Crippen LogP contribution in [0.2, 0.25) is 0 Å². The molecule has 0 aromatic heterocycles. The quantitative estimate of drug-likeness (QED) is 0.606. The van der Waals surface area contributed by atoms with Crippen molar-refractivity contribution >= 4 is 5.97 Å². The van der Waals surface area contributed by atoms with Gasteiger partial charge in [0.2, 0.25) is 0 Å². The maximum Gasteiger partial charge on any atom is 0.338 e. The van der Waals surface area contributed by atoms with Gasteiger partial charge in [-0.3, -0.25) is 0 Å². The van der Waals surface area contributed by atoms with Gasteiger partial charge in [0.15, 0.2) is 0 Å². The average Bonchev–Trinajstić information content (AvgIpc) is 2.99. The van der Waals surface area contributed by atoms with Gasteiger partial charge in [-0.15, -0.1) is 0 Å². The van der Waals surface area contributed by atoms with Crippen molar-refractivity contribution in [3.05, 3.63) is 35.9 Å². The van der Waals surface area contributed by atoms with Crippen molar-refractivity contribution in [2.24, 2.45) is 0 Å². The summed E-state index contributed by atoms with van der Waals surface area (Å²) in [6, 6.07) is 9.05. The fraction of sp³-hybridized carbons (Fsp3) is 0.533. The number of esters is 1. The number of rotatable bonds is 4. The first kappa shape index (κ1) is 14.7. The molecule has 18 heavy (non-hydrogen) atoms. The molecule has 1 saturated heterocycles. The Labute approximate surface area is 109 Å². The summed E-state index contributed by atoms with van der Waals surface area (Å²) < 4.78 is 9.97. The van der Waals surface area contributed by atoms with Crippen LogP contribution in [0.25, 0.3) is 0 Å². The van der Waals surface area contributed by atoms with E-state index in [9.17, 15) is 4.79 Å². The van der Waals surface area contributed by atoms with Crippen LogP contribution in [0.1, 0.15) is 43.0 Å². The second-order valence-electron chi connectivity index (χ2n) is 4.17. The molecule has 3 heteroatoms. The van der Waals surface area contributed by atoms with Crippen LogP contribution in [0.5, 0.6) is 0 Å². The van der Waals surface area contributed by atoms with E-state index >= 15 is 0 Å². The zero-order valence-corrected chi connectivity index (χ0v) is 11.1. The molecule has 1 heterocycles. The maximum absolute atomic E-state index is 11.3. The zero-order valence-electron chi connectivity index (χ0n) is 11.1. The molecule has 0 atom stereocenters. The molecule has 3 nitrogen and oxygen atoms in total. The van der Waals surface area contributed by atoms with Crippen LogP contribution in [-0.2, 0) is 9.47 Å². The van der Waals surface area contributed by atoms with Crippen LogP contribution in [0.4, 0.5) is 0 Å². The Balaban J connectivity index is 0.000000269. The van der Waals surface area contributed by atoms with Crippen LogP contribution >= 0.6 is 0 Å². The Kier molecular flexibility index (Phi) is 7.89. The molecule has 1 aliphatic rings. The van der Waals surface area contributed by atoms with Gasteiger partial charge in [-0.2, -0.15) is 0 Å². The first-order valence-electron chi connectivity index (χ1n) is 6.64. The van der Waals surface area contributed by atoms with Gasteiger partial charge >= 0.3 is 5.97 Å². The fourth-order valence-corrected chi connectivity index (χ4v) is 1.48. The highest BCUT2D eigenvalue weighted by molar-refractivity contribution is 5.89. The third-order valence-electron chi connectivity index (χ3n) is 2.57. The average molecular weight is 250 g/mol. The first-order chi connectivity index (χ1) is 8.84. The molecule has 0 N–H and O–H groups in total. The van der Waals surface area contributed by atoms with E-state index in [0.29, 0.717) is 12.2 Å². The highest BCUT2D eigenvalue weighted by Gasteiger charge is 2.03. The van der Waals surface area contributed by atoms with E-state index in [1.165, 1.54) is 12.8 Å². The molecule has 0 amide bonds. The predicted octanol–water partition coefficient (Wildman–Crippen LogP) is 3.44. The number of carbonyl (C=O) groups excluding carboxylic acids is 1. The molecule has 0 radical (unpaired) electrons. The Morgan fingerprint density at radius 3 is 2.39 bits per heavy atom. The van der Waals surface area contributed by atoms with Gasteiger partial charge in [-0.1, -0.05) is 31.5 Å². The number of unbranched alkanes of at least 4 members (excludes halogenated alkanes) is 1. The van der Waals surface area contributed by atoms with Gasteiger partial charge in [0.05, 0.1) is 12.2 Å². The normalized spacial score (nSPS) is 13.6. The highest BCUT2D eigenvalue weighted by Crippen LogP contribution is 2.01. The van der Waals surface area contributed by atoms with Crippen molar-refractivity contribution in [1.29, 1.82) is 0 Å². The second kappa shape index (κ2) is 9.66. The third kappa shape index (κ3) is 6.40. The molecular formula is C15H22O3. The smallest absolute Gasteiger partial charge is 0.338 e. The summed E-state index contributed by atoms with van der Waals surface area (Å²) in [7, 11) is 0. The third-order valence-corrected chi connectivity index (χ3v) is 2.57. The van der Waals surface area contributed by atoms with Gasteiger partial charge in [-0.05, 0) is 31.4 Å². The van der Waals surface area contributed by atoms with Crippen LogP contribution in [0, 0.1) is 0 Å². The van der Waals surface area contributed by atoms with Crippen molar-refractivity contribution in [3.63, 3.8) is 0 Å². The standard InChI is InChI=1S/C11H14O2.C4H8O/c1-2-3-9-13-11(12)10-7-5-4-6-8-10;1-2-4-5-3-1/h4-8H,2-3,9H2,1H3;1-4H2. The highest BCUT2D eigenvalue weighted by atomic mass is 16.5. The van der Waals surface area contributed by atoms with Gasteiger partial charge in [0, 0.05) is 13.2 Å². The van der Waals surface area contributed by atoms with E-state index < -0.39 is 0 Å². The molecule has 2 rings (SSSR count). The first-order valence-corrected chi connectivity index (χ1v) is 6.64. The number of ether oxygens (including phenoxy) is 2. The summed E-state index contributed by atoms with van der Waals surface area (Å²) >= 11 is 0. The predicted molar refractivity (Wildman–Crippen MR) is 71.7 cm³/mol. The van der Waals surface area contributed by atoms with Gasteiger partial charge in [0.1, 0.15) is 0 Å². The van der Waals surface area contributed by atoms with Crippen LogP contribution < -0.4 is 0 Å². The van der Waals surface area contributed by atoms with Crippen molar-refractivity contribution < 1.29 is 14.3 Å². The molecular weight excluding hydrogens is 228 g/mol. The largest absolute Gasteiger partial charge is 0.462 e. The summed E-state index contributed by atoms with van der Waals surface area (Å²) in [6.07, 6.45) is 4.53. The number of hydrogen-bond donors (Lipinski definition) is 0. The van der Waals surface area contributed by atoms with Crippen LogP contribution in [0.15, 0.2) is 30.3 Å². The Morgan fingerprint density at radius 1 is 1.22 bits per heavy atom. The Hall–Kier alpha value is -1.35. The van der Waals surface area contributed by atoms with Crippen molar-refractivity contribution in [3.8, 4) is 0 Å². The molecule has 0 unspecified atom stereocenters. The summed E-state index contributed by atoms with van der Waals surface area (Å²) in [5, 5.41) is 0. The van der Waals surface area contributed by atoms with E-state index in [1.807, 2.05) is 18.2 Å². The van der Waals surface area contributed by atoms with Crippen molar-refractivity contribution in [2.45, 2.75) is 32.6 Å². The Morgan fingerprint density at radius 2 is 1.89 bits per heavy atom. The van der Waals surface area contributed by atoms with Crippen molar-refractivity contribution in [2.75, 3.05) is 19.8 Å². The van der Waals surface area contributed by atoms with Crippen LogP contribution in [0.3, 0.4) is 0 Å². The Bertz CT molecular complexity index is 310. The number of carbonyl (C=O) groups is 1. The molecule has 0 bridgehead atoms. The fourth-order valence-electron chi connectivity index (χ4n) is 1.48. The van der Waals surface area contributed by atoms with Crippen molar-refractivity contribution in [1.82, 2.24) is 0 Å². The SMILES string of the molecule is C1CCOC1.CCCCOC(=O)c1ccccc1. The van der Waals surface area contributed by atoms with E-state index in [2.05, 4.69) is 6.92 Å². The minimum Gasteiger partial charge on any atom is -0.462 e. The molecule has 0 saturated carbocycles. The molecule has 100 valence electrons. The summed E-state index contributed by atoms with van der Waals surface area (Å²) in [5.41, 5.74) is 0.624. The monoisotopic (exact) mass is 250 g/mol. The van der Waals surface area contributed by atoms with Gasteiger partial charge in [0.25, 0.3) is 0 Å². The molecule has 1 aromatic rings. The van der Waals surface area contributed by atoms with Crippen LogP contribution in [-0.4, -0.2) is 25.8 Å². The lowest BCUT2D eigenvalue weighted by Crippen LogP contribution is -2.05. The van der Waals surface area contributed by atoms with Gasteiger partial charge in [-0.25, -0.2) is 4.79 Å². The van der Waals surface area contributed by atoms with Gasteiger partial charge < -0.3 is 9.47 Å². The molecule has 1 aliphatic heterocycles. The second-order valence-corrected chi connectivity index (χ2v) is 4.17. The lowest BCUT2D eigenvalue weighted by Gasteiger charge is -2.02. The van der Waals surface area contributed by atoms with E-state index in [1.54, 1.807) is 12.1 Å². The summed E-state index contributed by atoms with van der Waals surface area (Å²) in [5.74, 6) is -0.228. The van der Waals surface area contributed by atoms with E-state index in [0.717, 1.165) is 26.1 Å². The lowest BCUT2D eigenvalue weighted by atomic mass is 10.2. The lowest BCUT2D eigenvalue weighted by molar-refractivity contribution is 0.0500. The molecule has 1 fully saturated rings. The van der Waals surface area contributed by atoms with E-state index in [4.69, 9.17) is 9.47 Å². The summed E-state index contributed by atoms with van der Waals surface area (Å²) in [4.78, 5) is 11.3.